The number of nitrogen functional groups attached to an aromatic ring is 1. The zero-order valence-corrected chi connectivity index (χ0v) is 14.5. The van der Waals surface area contributed by atoms with Gasteiger partial charge in [-0.25, -0.2) is 0 Å². The van der Waals surface area contributed by atoms with Crippen molar-refractivity contribution in [2.75, 3.05) is 17.3 Å². The topological polar surface area (TPSA) is 80.9 Å². The van der Waals surface area contributed by atoms with E-state index in [-0.39, 0.29) is 11.2 Å². The first-order chi connectivity index (χ1) is 9.99. The minimum atomic E-state index is -0.303. The summed E-state index contributed by atoms with van der Waals surface area (Å²) in [4.78, 5) is 12.2. The molecule has 1 unspecified atom stereocenters. The van der Waals surface area contributed by atoms with E-state index in [4.69, 9.17) is 17.3 Å². The van der Waals surface area contributed by atoms with Crippen molar-refractivity contribution < 1.29 is 4.79 Å². The van der Waals surface area contributed by atoms with Gasteiger partial charge in [0.1, 0.15) is 0 Å². The number of halogens is 1. The lowest BCUT2D eigenvalue weighted by atomic mass is 10.2. The summed E-state index contributed by atoms with van der Waals surface area (Å²) in [6, 6.07) is 4.97. The zero-order valence-electron chi connectivity index (χ0n) is 11.3. The Morgan fingerprint density at radius 2 is 2.14 bits per heavy atom. The van der Waals surface area contributed by atoms with Crippen LogP contribution in [0.5, 0.6) is 0 Å². The molecule has 0 aliphatic carbocycles. The zero-order chi connectivity index (χ0) is 15.4. The van der Waals surface area contributed by atoms with Gasteiger partial charge in [-0.15, -0.1) is 10.2 Å². The van der Waals surface area contributed by atoms with Crippen LogP contribution in [0.2, 0.25) is 5.02 Å². The number of hydrogen-bond acceptors (Lipinski definition) is 7. The van der Waals surface area contributed by atoms with Crippen LogP contribution in [0, 0.1) is 0 Å². The SMILES string of the molecule is CSc1nnc(SC(C)C(=O)Nc2ccc(Cl)cc2N)s1. The van der Waals surface area contributed by atoms with E-state index in [2.05, 4.69) is 15.5 Å². The van der Waals surface area contributed by atoms with Crippen LogP contribution in [0.1, 0.15) is 6.92 Å². The van der Waals surface area contributed by atoms with E-state index in [1.165, 1.54) is 34.9 Å². The molecule has 21 heavy (non-hydrogen) atoms. The van der Waals surface area contributed by atoms with E-state index in [1.807, 2.05) is 13.2 Å². The molecule has 0 bridgehead atoms. The Labute approximate surface area is 140 Å². The Morgan fingerprint density at radius 3 is 2.76 bits per heavy atom. The van der Waals surface area contributed by atoms with Crippen LogP contribution in [-0.2, 0) is 4.79 Å². The van der Waals surface area contributed by atoms with Crippen molar-refractivity contribution in [3.63, 3.8) is 0 Å². The summed E-state index contributed by atoms with van der Waals surface area (Å²) >= 11 is 10.2. The van der Waals surface area contributed by atoms with Crippen LogP contribution in [-0.4, -0.2) is 27.6 Å². The van der Waals surface area contributed by atoms with Gasteiger partial charge >= 0.3 is 0 Å². The highest BCUT2D eigenvalue weighted by Crippen LogP contribution is 2.31. The molecule has 5 nitrogen and oxygen atoms in total. The maximum Gasteiger partial charge on any atom is 0.237 e. The Bertz CT molecular complexity index is 649. The number of nitrogens with zero attached hydrogens (tertiary/aromatic N) is 2. The Kier molecular flexibility index (Phi) is 5.74. The molecule has 1 aromatic heterocycles. The number of carbonyl (C=O) groups is 1. The molecule has 2 aromatic rings. The van der Waals surface area contributed by atoms with Crippen molar-refractivity contribution in [1.29, 1.82) is 0 Å². The highest BCUT2D eigenvalue weighted by atomic mass is 35.5. The normalized spacial score (nSPS) is 12.1. The summed E-state index contributed by atoms with van der Waals surface area (Å²) in [5.74, 6) is -0.144. The number of anilines is 2. The van der Waals surface area contributed by atoms with Gasteiger partial charge in [-0.05, 0) is 31.4 Å². The quantitative estimate of drug-likeness (QED) is 0.626. The standard InChI is InChI=1S/C12H13ClN4OS3/c1-6(20-12-17-16-11(19-2)21-12)10(18)15-9-4-3-7(13)5-8(9)14/h3-6H,14H2,1-2H3,(H,15,18). The molecule has 1 heterocycles. The van der Waals surface area contributed by atoms with Crippen LogP contribution in [0.4, 0.5) is 11.4 Å². The van der Waals surface area contributed by atoms with Crippen molar-refractivity contribution >= 4 is 63.7 Å². The van der Waals surface area contributed by atoms with Crippen molar-refractivity contribution in [2.45, 2.75) is 20.9 Å². The second kappa shape index (κ2) is 7.35. The molecule has 3 N–H and O–H groups in total. The summed E-state index contributed by atoms with van der Waals surface area (Å²) in [5, 5.41) is 11.0. The smallest absolute Gasteiger partial charge is 0.237 e. The number of nitrogens with one attached hydrogen (secondary N) is 1. The molecule has 1 amide bonds. The first-order valence-electron chi connectivity index (χ1n) is 5.89. The van der Waals surface area contributed by atoms with Gasteiger partial charge in [0.05, 0.1) is 16.6 Å². The molecule has 112 valence electrons. The van der Waals surface area contributed by atoms with Crippen LogP contribution in [0.15, 0.2) is 26.9 Å². The Hall–Kier alpha value is -0.960. The lowest BCUT2D eigenvalue weighted by Gasteiger charge is -2.12. The van der Waals surface area contributed by atoms with Gasteiger partial charge < -0.3 is 11.1 Å². The Balaban J connectivity index is 1.99. The van der Waals surface area contributed by atoms with Crippen molar-refractivity contribution in [3.05, 3.63) is 23.2 Å². The molecule has 0 spiro atoms. The second-order valence-corrected chi connectivity index (χ2v) is 8.07. The molecule has 0 saturated heterocycles. The fraction of sp³-hybridized carbons (Fsp3) is 0.250. The highest BCUT2D eigenvalue weighted by molar-refractivity contribution is 8.03. The van der Waals surface area contributed by atoms with E-state index >= 15 is 0 Å². The number of benzene rings is 1. The van der Waals surface area contributed by atoms with Crippen LogP contribution in [0.3, 0.4) is 0 Å². The number of rotatable bonds is 5. The maximum atomic E-state index is 12.2. The summed E-state index contributed by atoms with van der Waals surface area (Å²) in [6.07, 6.45) is 1.94. The molecule has 0 fully saturated rings. The van der Waals surface area contributed by atoms with Gasteiger partial charge in [-0.2, -0.15) is 0 Å². The lowest BCUT2D eigenvalue weighted by molar-refractivity contribution is -0.115. The average Bonchev–Trinajstić information content (AvgIpc) is 2.89. The van der Waals surface area contributed by atoms with Crippen LogP contribution < -0.4 is 11.1 Å². The molecule has 2 rings (SSSR count). The molecule has 0 saturated carbocycles. The van der Waals surface area contributed by atoms with Gasteiger partial charge in [0.15, 0.2) is 8.68 Å². The number of amides is 1. The van der Waals surface area contributed by atoms with Gasteiger partial charge in [-0.1, -0.05) is 46.5 Å². The molecule has 0 aliphatic heterocycles. The van der Waals surface area contributed by atoms with Gasteiger partial charge in [0.2, 0.25) is 5.91 Å². The summed E-state index contributed by atoms with van der Waals surface area (Å²) in [5.41, 5.74) is 6.81. The monoisotopic (exact) mass is 360 g/mol. The van der Waals surface area contributed by atoms with E-state index in [0.717, 1.165) is 8.68 Å². The van der Waals surface area contributed by atoms with E-state index < -0.39 is 0 Å². The molecule has 9 heteroatoms. The molecule has 0 radical (unpaired) electrons. The molecule has 0 aliphatic rings. The minimum absolute atomic E-state index is 0.144. The van der Waals surface area contributed by atoms with Crippen molar-refractivity contribution in [3.8, 4) is 0 Å². The number of carbonyl (C=O) groups excluding carboxylic acids is 1. The summed E-state index contributed by atoms with van der Waals surface area (Å²) < 4.78 is 1.65. The molecule has 1 atom stereocenters. The van der Waals surface area contributed by atoms with Crippen molar-refractivity contribution in [2.24, 2.45) is 0 Å². The summed E-state index contributed by atoms with van der Waals surface area (Å²) in [7, 11) is 0. The largest absolute Gasteiger partial charge is 0.397 e. The van der Waals surface area contributed by atoms with Gasteiger partial charge in [0, 0.05) is 5.02 Å². The fourth-order valence-electron chi connectivity index (χ4n) is 1.41. The number of hydrogen-bond donors (Lipinski definition) is 2. The fourth-order valence-corrected chi connectivity index (χ4v) is 4.18. The highest BCUT2D eigenvalue weighted by Gasteiger charge is 2.18. The van der Waals surface area contributed by atoms with Crippen molar-refractivity contribution in [1.82, 2.24) is 10.2 Å². The molecule has 1 aromatic carbocycles. The third kappa shape index (κ3) is 4.50. The van der Waals surface area contributed by atoms with E-state index in [9.17, 15) is 4.79 Å². The first kappa shape index (κ1) is 16.4. The third-order valence-corrected chi connectivity index (χ3v) is 5.80. The van der Waals surface area contributed by atoms with Crippen LogP contribution >= 0.6 is 46.5 Å². The molecular formula is C12H13ClN4OS3. The predicted octanol–water partition coefficient (Wildman–Crippen LogP) is 3.61. The number of thioether (sulfide) groups is 2. The first-order valence-corrected chi connectivity index (χ1v) is 9.19. The maximum absolute atomic E-state index is 12.2. The molecular weight excluding hydrogens is 348 g/mol. The van der Waals surface area contributed by atoms with Crippen LogP contribution in [0.25, 0.3) is 0 Å². The van der Waals surface area contributed by atoms with Gasteiger partial charge in [0.25, 0.3) is 0 Å². The third-order valence-electron chi connectivity index (χ3n) is 2.48. The lowest BCUT2D eigenvalue weighted by Crippen LogP contribution is -2.22. The minimum Gasteiger partial charge on any atom is -0.397 e. The number of aromatic nitrogens is 2. The summed E-state index contributed by atoms with van der Waals surface area (Å²) in [6.45, 7) is 1.81. The number of nitrogens with two attached hydrogens (primary N) is 1. The van der Waals surface area contributed by atoms with Gasteiger partial charge in [-0.3, -0.25) is 4.79 Å². The Morgan fingerprint density at radius 1 is 1.43 bits per heavy atom. The second-order valence-electron chi connectivity index (χ2n) is 4.02. The predicted molar refractivity (Wildman–Crippen MR) is 91.5 cm³/mol. The average molecular weight is 361 g/mol. The van der Waals surface area contributed by atoms with E-state index in [0.29, 0.717) is 16.4 Å². The van der Waals surface area contributed by atoms with E-state index in [1.54, 1.807) is 18.2 Å².